The first-order valence-corrected chi connectivity index (χ1v) is 8.29. The van der Waals surface area contributed by atoms with Crippen molar-refractivity contribution in [2.75, 3.05) is 32.1 Å². The average Bonchev–Trinajstić information content (AvgIpc) is 2.38. The second-order valence-electron chi connectivity index (χ2n) is 5.09. The Labute approximate surface area is 127 Å². The number of hydrogen-bond donors (Lipinski definition) is 0. The third-order valence-electron chi connectivity index (χ3n) is 3.74. The molecule has 1 aliphatic rings. The van der Waals surface area contributed by atoms with Crippen molar-refractivity contribution in [2.45, 2.75) is 24.2 Å². The summed E-state index contributed by atoms with van der Waals surface area (Å²) in [7, 11) is 4.36. The van der Waals surface area contributed by atoms with Crippen molar-refractivity contribution in [1.82, 2.24) is 4.90 Å². The van der Waals surface area contributed by atoms with Crippen molar-refractivity contribution in [2.24, 2.45) is 0 Å². The van der Waals surface area contributed by atoms with Crippen molar-refractivity contribution < 1.29 is 0 Å². The molecule has 0 bridgehead atoms. The highest BCUT2D eigenvalue weighted by Crippen LogP contribution is 2.28. The normalized spacial score (nSPS) is 17.5. The van der Waals surface area contributed by atoms with Crippen LogP contribution in [0.4, 0.5) is 5.69 Å². The Bertz CT molecular complexity index is 399. The van der Waals surface area contributed by atoms with Gasteiger partial charge in [-0.1, -0.05) is 37.9 Å². The summed E-state index contributed by atoms with van der Waals surface area (Å²) in [4.78, 5) is 4.84. The van der Waals surface area contributed by atoms with E-state index in [4.69, 9.17) is 0 Å². The van der Waals surface area contributed by atoms with Crippen LogP contribution < -0.4 is 4.90 Å². The molecule has 1 fully saturated rings. The molecule has 0 atom stereocenters. The quantitative estimate of drug-likeness (QED) is 0.739. The van der Waals surface area contributed by atoms with Gasteiger partial charge in [0, 0.05) is 34.6 Å². The van der Waals surface area contributed by atoms with Gasteiger partial charge >= 0.3 is 0 Å². The number of nitrogens with zero attached hydrogens (tertiary/aromatic N) is 2. The van der Waals surface area contributed by atoms with Crippen LogP contribution in [-0.4, -0.2) is 38.1 Å². The van der Waals surface area contributed by atoms with E-state index in [0.29, 0.717) is 0 Å². The van der Waals surface area contributed by atoms with Gasteiger partial charge in [0.1, 0.15) is 0 Å². The molecule has 0 N–H and O–H groups in total. The summed E-state index contributed by atoms with van der Waals surface area (Å²) in [5.41, 5.74) is 2.64. The van der Waals surface area contributed by atoms with Crippen molar-refractivity contribution >= 4 is 37.5 Å². The molecule has 1 aromatic rings. The van der Waals surface area contributed by atoms with Gasteiger partial charge in [-0.3, -0.25) is 0 Å². The van der Waals surface area contributed by atoms with E-state index in [1.807, 2.05) is 0 Å². The third kappa shape index (κ3) is 3.28. The van der Waals surface area contributed by atoms with E-state index in [0.717, 1.165) is 24.5 Å². The van der Waals surface area contributed by atoms with E-state index in [2.05, 4.69) is 74.0 Å². The Balaban J connectivity index is 2.03. The van der Waals surface area contributed by atoms with Crippen molar-refractivity contribution in [3.63, 3.8) is 0 Å². The molecule has 2 nitrogen and oxygen atoms in total. The molecule has 1 saturated heterocycles. The number of benzene rings is 1. The maximum atomic E-state index is 3.64. The molecule has 0 amide bonds. The average molecular weight is 376 g/mol. The summed E-state index contributed by atoms with van der Waals surface area (Å²) in [5, 5.41) is 0.899. The molecule has 100 valence electrons. The fraction of sp³-hybridized carbons (Fsp3) is 0.571. The Hall–Kier alpha value is -0.0600. The lowest BCUT2D eigenvalue weighted by molar-refractivity contribution is 0.249. The highest BCUT2D eigenvalue weighted by Gasteiger charge is 2.20. The van der Waals surface area contributed by atoms with Crippen LogP contribution in [0.25, 0.3) is 0 Å². The lowest BCUT2D eigenvalue weighted by Crippen LogP contribution is -2.41. The minimum absolute atomic E-state index is 0.742. The summed E-state index contributed by atoms with van der Waals surface area (Å²) in [6.45, 7) is 2.31. The van der Waals surface area contributed by atoms with E-state index in [1.54, 1.807) is 0 Å². The maximum absolute atomic E-state index is 3.64. The molecule has 0 radical (unpaired) electrons. The van der Waals surface area contributed by atoms with Gasteiger partial charge in [-0.2, -0.15) is 0 Å². The van der Waals surface area contributed by atoms with Gasteiger partial charge in [0.15, 0.2) is 0 Å². The van der Waals surface area contributed by atoms with Gasteiger partial charge < -0.3 is 9.80 Å². The first-order valence-electron chi connectivity index (χ1n) is 6.37. The number of hydrogen-bond acceptors (Lipinski definition) is 2. The topological polar surface area (TPSA) is 6.48 Å². The minimum atomic E-state index is 0.742. The first-order chi connectivity index (χ1) is 8.61. The molecule has 0 aliphatic carbocycles. The van der Waals surface area contributed by atoms with Crippen molar-refractivity contribution in [3.8, 4) is 0 Å². The lowest BCUT2D eigenvalue weighted by Gasteiger charge is -2.36. The smallest absolute Gasteiger partial charge is 0.0377 e. The summed E-state index contributed by atoms with van der Waals surface area (Å²) in [6, 6.07) is 7.42. The third-order valence-corrected chi connectivity index (χ3v) is 5.08. The van der Waals surface area contributed by atoms with Gasteiger partial charge in [0.25, 0.3) is 0 Å². The molecule has 1 aliphatic heterocycles. The minimum Gasteiger partial charge on any atom is -0.371 e. The first kappa shape index (κ1) is 14.4. The molecular formula is C14H20Br2N2. The van der Waals surface area contributed by atoms with Crippen LogP contribution in [0.3, 0.4) is 0 Å². The molecule has 4 heteroatoms. The molecule has 1 heterocycles. The summed E-state index contributed by atoms with van der Waals surface area (Å²) < 4.78 is 1.20. The van der Waals surface area contributed by atoms with Gasteiger partial charge in [0.05, 0.1) is 0 Å². The largest absolute Gasteiger partial charge is 0.371 e. The second-order valence-corrected chi connectivity index (χ2v) is 6.51. The fourth-order valence-corrected chi connectivity index (χ4v) is 3.85. The highest BCUT2D eigenvalue weighted by atomic mass is 79.9. The molecule has 0 aromatic heterocycles. The number of halogens is 2. The summed E-state index contributed by atoms with van der Waals surface area (Å²) in [6.07, 6.45) is 2.51. The summed E-state index contributed by atoms with van der Waals surface area (Å²) in [5.74, 6) is 0. The number of alkyl halides is 1. The lowest BCUT2D eigenvalue weighted by atomic mass is 10.0. The zero-order valence-corrected chi connectivity index (χ0v) is 14.2. The van der Waals surface area contributed by atoms with Crippen molar-refractivity contribution in [3.05, 3.63) is 28.2 Å². The van der Waals surface area contributed by atoms with Crippen LogP contribution in [0, 0.1) is 0 Å². The standard InChI is InChI=1S/C14H20Br2N2/c1-17(2)12-5-7-18(8-6-12)13-4-3-11(10-15)14(16)9-13/h3-4,9,12H,5-8,10H2,1-2H3. The van der Waals surface area contributed by atoms with Crippen LogP contribution in [0.1, 0.15) is 18.4 Å². The van der Waals surface area contributed by atoms with E-state index in [9.17, 15) is 0 Å². The molecule has 2 rings (SSSR count). The van der Waals surface area contributed by atoms with Crippen molar-refractivity contribution in [1.29, 1.82) is 0 Å². The number of piperidine rings is 1. The predicted octanol–water partition coefficient (Wildman–Crippen LogP) is 3.87. The van der Waals surface area contributed by atoms with E-state index in [-0.39, 0.29) is 0 Å². The fourth-order valence-electron chi connectivity index (χ4n) is 2.48. The zero-order chi connectivity index (χ0) is 13.1. The van der Waals surface area contributed by atoms with Crippen LogP contribution in [0.5, 0.6) is 0 Å². The van der Waals surface area contributed by atoms with Crippen LogP contribution >= 0.6 is 31.9 Å². The monoisotopic (exact) mass is 374 g/mol. The molecule has 0 spiro atoms. The Morgan fingerprint density at radius 2 is 1.94 bits per heavy atom. The SMILES string of the molecule is CN(C)C1CCN(c2ccc(CBr)c(Br)c2)CC1. The predicted molar refractivity (Wildman–Crippen MR) is 85.7 cm³/mol. The van der Waals surface area contributed by atoms with Gasteiger partial charge in [0.2, 0.25) is 0 Å². The number of anilines is 1. The van der Waals surface area contributed by atoms with E-state index >= 15 is 0 Å². The van der Waals surface area contributed by atoms with Gasteiger partial charge in [-0.15, -0.1) is 0 Å². The van der Waals surface area contributed by atoms with E-state index < -0.39 is 0 Å². The molecule has 0 unspecified atom stereocenters. The van der Waals surface area contributed by atoms with Crippen LogP contribution in [0.15, 0.2) is 22.7 Å². The molecule has 0 saturated carbocycles. The molecular weight excluding hydrogens is 356 g/mol. The Morgan fingerprint density at radius 3 is 2.44 bits per heavy atom. The number of rotatable bonds is 3. The zero-order valence-electron chi connectivity index (χ0n) is 11.0. The highest BCUT2D eigenvalue weighted by molar-refractivity contribution is 9.10. The van der Waals surface area contributed by atoms with Gasteiger partial charge in [-0.05, 0) is 44.6 Å². The van der Waals surface area contributed by atoms with E-state index in [1.165, 1.54) is 28.6 Å². The molecule has 18 heavy (non-hydrogen) atoms. The Morgan fingerprint density at radius 1 is 1.28 bits per heavy atom. The Kier molecular flexibility index (Phi) is 5.10. The maximum Gasteiger partial charge on any atom is 0.0377 e. The summed E-state index contributed by atoms with van der Waals surface area (Å²) >= 11 is 7.15. The van der Waals surface area contributed by atoms with Crippen LogP contribution in [-0.2, 0) is 5.33 Å². The van der Waals surface area contributed by atoms with Gasteiger partial charge in [-0.25, -0.2) is 0 Å². The molecule has 1 aromatic carbocycles. The second kappa shape index (κ2) is 6.40. The van der Waals surface area contributed by atoms with Crippen LogP contribution in [0.2, 0.25) is 0 Å².